The fourth-order valence-corrected chi connectivity index (χ4v) is 2.27. The van der Waals surface area contributed by atoms with Gasteiger partial charge in [-0.1, -0.05) is 6.92 Å². The Bertz CT molecular complexity index is 371. The number of nitrogens with zero attached hydrogens (tertiary/aromatic N) is 2. The second-order valence-corrected chi connectivity index (χ2v) is 5.20. The van der Waals surface area contributed by atoms with Crippen LogP contribution < -0.4 is 5.32 Å². The Hall–Kier alpha value is -0.870. The van der Waals surface area contributed by atoms with Crippen molar-refractivity contribution in [3.05, 3.63) is 17.5 Å². The minimum Gasteiger partial charge on any atom is -0.383 e. The van der Waals surface area contributed by atoms with Gasteiger partial charge >= 0.3 is 0 Å². The maximum absolute atomic E-state index is 5.05. The van der Waals surface area contributed by atoms with Crippen LogP contribution >= 0.6 is 0 Å². The molecule has 1 fully saturated rings. The van der Waals surface area contributed by atoms with Gasteiger partial charge in [0.15, 0.2) is 0 Å². The highest BCUT2D eigenvalue weighted by atomic mass is 16.5. The van der Waals surface area contributed by atoms with Gasteiger partial charge in [-0.15, -0.1) is 0 Å². The summed E-state index contributed by atoms with van der Waals surface area (Å²) in [7, 11) is 1.73. The van der Waals surface area contributed by atoms with E-state index in [0.29, 0.717) is 6.04 Å². The van der Waals surface area contributed by atoms with Crippen LogP contribution in [-0.4, -0.2) is 30.0 Å². The van der Waals surface area contributed by atoms with E-state index in [2.05, 4.69) is 28.9 Å². The molecule has 18 heavy (non-hydrogen) atoms. The average molecular weight is 251 g/mol. The van der Waals surface area contributed by atoms with Gasteiger partial charge in [0.25, 0.3) is 0 Å². The second kappa shape index (κ2) is 6.34. The quantitative estimate of drug-likeness (QED) is 0.721. The molecule has 0 saturated heterocycles. The minimum absolute atomic E-state index is 0.508. The van der Waals surface area contributed by atoms with Crippen molar-refractivity contribution in [2.24, 2.45) is 0 Å². The van der Waals surface area contributed by atoms with Crippen LogP contribution in [0.1, 0.15) is 56.3 Å². The largest absolute Gasteiger partial charge is 0.383 e. The van der Waals surface area contributed by atoms with E-state index < -0.39 is 0 Å². The number of hydrogen-bond donors (Lipinski definition) is 1. The molecule has 0 spiro atoms. The summed E-state index contributed by atoms with van der Waals surface area (Å²) in [6, 6.07) is 0.508. The Balaban J connectivity index is 2.03. The minimum atomic E-state index is 0.508. The van der Waals surface area contributed by atoms with E-state index >= 15 is 0 Å². The Morgan fingerprint density at radius 1 is 1.56 bits per heavy atom. The number of ether oxygens (including phenoxy) is 1. The van der Waals surface area contributed by atoms with E-state index in [9.17, 15) is 0 Å². The van der Waals surface area contributed by atoms with Crippen LogP contribution in [0.15, 0.2) is 6.20 Å². The summed E-state index contributed by atoms with van der Waals surface area (Å²) in [5.41, 5.74) is 2.84. The summed E-state index contributed by atoms with van der Waals surface area (Å²) in [5.74, 6) is 0.751. The van der Waals surface area contributed by atoms with Crippen molar-refractivity contribution in [2.45, 2.75) is 51.6 Å². The Labute approximate surface area is 110 Å². The maximum atomic E-state index is 5.05. The van der Waals surface area contributed by atoms with Crippen molar-refractivity contribution in [3.63, 3.8) is 0 Å². The smallest absolute Gasteiger partial charge is 0.0587 e. The van der Waals surface area contributed by atoms with Gasteiger partial charge in [-0.05, 0) is 26.2 Å². The van der Waals surface area contributed by atoms with Gasteiger partial charge in [-0.3, -0.25) is 4.68 Å². The van der Waals surface area contributed by atoms with E-state index in [1.807, 2.05) is 6.20 Å². The van der Waals surface area contributed by atoms with Crippen molar-refractivity contribution in [3.8, 4) is 0 Å². The van der Waals surface area contributed by atoms with E-state index in [-0.39, 0.29) is 0 Å². The predicted octanol–water partition coefficient (Wildman–Crippen LogP) is 2.47. The van der Waals surface area contributed by atoms with E-state index in [1.54, 1.807) is 7.11 Å². The first kappa shape index (κ1) is 13.6. The van der Waals surface area contributed by atoms with Crippen LogP contribution in [0.5, 0.6) is 0 Å². The third-order valence-electron chi connectivity index (χ3n) is 3.68. The summed E-state index contributed by atoms with van der Waals surface area (Å²) >= 11 is 0. The summed E-state index contributed by atoms with van der Waals surface area (Å²) in [4.78, 5) is 0. The SMILES string of the molecule is CCC(C)n1ncc(CNCCOC)c1C1CC1. The average Bonchev–Trinajstić information content (AvgIpc) is 3.14. The zero-order valence-corrected chi connectivity index (χ0v) is 11.8. The molecule has 0 amide bonds. The van der Waals surface area contributed by atoms with Crippen molar-refractivity contribution < 1.29 is 4.74 Å². The van der Waals surface area contributed by atoms with Crippen molar-refractivity contribution in [1.29, 1.82) is 0 Å². The fourth-order valence-electron chi connectivity index (χ4n) is 2.27. The summed E-state index contributed by atoms with van der Waals surface area (Å²) in [5, 5.41) is 8.01. The lowest BCUT2D eigenvalue weighted by atomic mass is 10.1. The Kier molecular flexibility index (Phi) is 4.78. The summed E-state index contributed by atoms with van der Waals surface area (Å²) in [6.45, 7) is 7.04. The number of hydrogen-bond acceptors (Lipinski definition) is 3. The highest BCUT2D eigenvalue weighted by molar-refractivity contribution is 5.26. The third kappa shape index (κ3) is 3.12. The molecule has 1 aliphatic rings. The van der Waals surface area contributed by atoms with Crippen LogP contribution in [-0.2, 0) is 11.3 Å². The Morgan fingerprint density at radius 2 is 2.33 bits per heavy atom. The van der Waals surface area contributed by atoms with Gasteiger partial charge in [0.05, 0.1) is 12.8 Å². The summed E-state index contributed by atoms with van der Waals surface area (Å²) < 4.78 is 7.29. The molecule has 4 nitrogen and oxygen atoms in total. The topological polar surface area (TPSA) is 39.1 Å². The zero-order valence-electron chi connectivity index (χ0n) is 11.8. The molecular weight excluding hydrogens is 226 g/mol. The fraction of sp³-hybridized carbons (Fsp3) is 0.786. The normalized spacial score (nSPS) is 17.1. The molecule has 1 aromatic rings. The van der Waals surface area contributed by atoms with Crippen LogP contribution in [0.4, 0.5) is 0 Å². The van der Waals surface area contributed by atoms with Gasteiger partial charge in [-0.25, -0.2) is 0 Å². The van der Waals surface area contributed by atoms with Gasteiger partial charge in [0.2, 0.25) is 0 Å². The van der Waals surface area contributed by atoms with Crippen LogP contribution in [0.3, 0.4) is 0 Å². The molecule has 0 radical (unpaired) electrons. The maximum Gasteiger partial charge on any atom is 0.0587 e. The first-order chi connectivity index (χ1) is 8.77. The lowest BCUT2D eigenvalue weighted by Crippen LogP contribution is -2.19. The van der Waals surface area contributed by atoms with Gasteiger partial charge in [0.1, 0.15) is 0 Å². The molecule has 102 valence electrons. The van der Waals surface area contributed by atoms with Crippen molar-refractivity contribution >= 4 is 0 Å². The number of rotatable bonds is 8. The van der Waals surface area contributed by atoms with E-state index in [0.717, 1.165) is 32.0 Å². The molecule has 0 aliphatic heterocycles. The molecule has 0 aromatic carbocycles. The lowest BCUT2D eigenvalue weighted by Gasteiger charge is -2.15. The van der Waals surface area contributed by atoms with Gasteiger partial charge in [0, 0.05) is 43.4 Å². The molecule has 2 rings (SSSR count). The molecule has 1 N–H and O–H groups in total. The molecule has 4 heteroatoms. The highest BCUT2D eigenvalue weighted by Gasteiger charge is 2.30. The molecule has 0 bridgehead atoms. The number of nitrogens with one attached hydrogen (secondary N) is 1. The van der Waals surface area contributed by atoms with E-state index in [4.69, 9.17) is 4.74 Å². The van der Waals surface area contributed by atoms with Crippen LogP contribution in [0.25, 0.3) is 0 Å². The first-order valence-corrected chi connectivity index (χ1v) is 7.03. The van der Waals surface area contributed by atoms with Crippen LogP contribution in [0, 0.1) is 0 Å². The summed E-state index contributed by atoms with van der Waals surface area (Å²) in [6.07, 6.45) is 5.83. The van der Waals surface area contributed by atoms with Gasteiger partial charge < -0.3 is 10.1 Å². The molecule has 1 aromatic heterocycles. The molecule has 1 saturated carbocycles. The van der Waals surface area contributed by atoms with Crippen LogP contribution in [0.2, 0.25) is 0 Å². The molecular formula is C14H25N3O. The number of aromatic nitrogens is 2. The first-order valence-electron chi connectivity index (χ1n) is 7.03. The molecule has 1 aliphatic carbocycles. The molecule has 1 unspecified atom stereocenters. The second-order valence-electron chi connectivity index (χ2n) is 5.20. The zero-order chi connectivity index (χ0) is 13.0. The standard InChI is InChI=1S/C14H25N3O/c1-4-11(2)17-14(12-5-6-12)13(10-16-17)9-15-7-8-18-3/h10-12,15H,4-9H2,1-3H3. The van der Waals surface area contributed by atoms with Gasteiger partial charge in [-0.2, -0.15) is 5.10 Å². The lowest BCUT2D eigenvalue weighted by molar-refractivity contribution is 0.199. The van der Waals surface area contributed by atoms with E-state index in [1.165, 1.54) is 24.1 Å². The number of methoxy groups -OCH3 is 1. The Morgan fingerprint density at radius 3 is 2.94 bits per heavy atom. The highest BCUT2D eigenvalue weighted by Crippen LogP contribution is 2.42. The van der Waals surface area contributed by atoms with Crippen molar-refractivity contribution in [2.75, 3.05) is 20.3 Å². The predicted molar refractivity (Wildman–Crippen MR) is 72.8 cm³/mol. The molecule has 1 atom stereocenters. The monoisotopic (exact) mass is 251 g/mol. The van der Waals surface area contributed by atoms with Crippen molar-refractivity contribution in [1.82, 2.24) is 15.1 Å². The third-order valence-corrected chi connectivity index (χ3v) is 3.68. The molecule has 1 heterocycles.